The van der Waals surface area contributed by atoms with Gasteiger partial charge in [0, 0.05) is 25.8 Å². The molecule has 0 radical (unpaired) electrons. The molecule has 0 bridgehead atoms. The quantitative estimate of drug-likeness (QED) is 0.354. The first-order chi connectivity index (χ1) is 9.56. The summed E-state index contributed by atoms with van der Waals surface area (Å²) in [5, 5.41) is 3.04. The Morgan fingerprint density at radius 1 is 1.48 bits per heavy atom. The third-order valence-electron chi connectivity index (χ3n) is 3.50. The van der Waals surface area contributed by atoms with Crippen molar-refractivity contribution in [3.8, 4) is 0 Å². The summed E-state index contributed by atoms with van der Waals surface area (Å²) in [4.78, 5) is 6.68. The van der Waals surface area contributed by atoms with Crippen molar-refractivity contribution in [2.45, 2.75) is 26.3 Å². The van der Waals surface area contributed by atoms with Gasteiger partial charge in [0.1, 0.15) is 0 Å². The van der Waals surface area contributed by atoms with Gasteiger partial charge in [0.15, 0.2) is 5.96 Å². The lowest BCUT2D eigenvalue weighted by molar-refractivity contribution is 0.742. The molecule has 4 nitrogen and oxygen atoms in total. The van der Waals surface area contributed by atoms with Gasteiger partial charge >= 0.3 is 0 Å². The maximum Gasteiger partial charge on any atom is 0.189 e. The number of guanidine groups is 1. The van der Waals surface area contributed by atoms with Gasteiger partial charge in [-0.2, -0.15) is 0 Å². The molecule has 0 saturated heterocycles. The van der Waals surface area contributed by atoms with Crippen LogP contribution in [0.15, 0.2) is 35.3 Å². The van der Waals surface area contributed by atoms with E-state index in [1.165, 1.54) is 23.2 Å². The number of benzene rings is 1. The fraction of sp³-hybridized carbons (Fsp3) is 0.438. The van der Waals surface area contributed by atoms with Crippen LogP contribution in [0.3, 0.4) is 0 Å². The molecular weight excluding hydrogens is 375 g/mol. The lowest BCUT2D eigenvalue weighted by Crippen LogP contribution is -2.32. The Kier molecular flexibility index (Phi) is 7.01. The molecule has 1 aliphatic rings. The average Bonchev–Trinajstić information content (AvgIpc) is 2.43. The molecule has 5 heteroatoms. The fourth-order valence-corrected chi connectivity index (χ4v) is 2.41. The summed E-state index contributed by atoms with van der Waals surface area (Å²) >= 11 is 0. The number of aryl methyl sites for hydroxylation is 1. The number of nitrogens with zero attached hydrogens (tertiary/aromatic N) is 2. The summed E-state index contributed by atoms with van der Waals surface area (Å²) < 4.78 is 0. The van der Waals surface area contributed by atoms with Crippen molar-refractivity contribution in [1.82, 2.24) is 5.32 Å². The van der Waals surface area contributed by atoms with Crippen molar-refractivity contribution in [3.05, 3.63) is 41.5 Å². The number of nitrogens with two attached hydrogens (primary N) is 1. The minimum absolute atomic E-state index is 0. The Balaban J connectivity index is 0.00000220. The predicted molar refractivity (Wildman–Crippen MR) is 102 cm³/mol. The molecular formula is C16H25IN4. The maximum atomic E-state index is 5.82. The molecule has 0 atom stereocenters. The third kappa shape index (κ3) is 5.22. The lowest BCUT2D eigenvalue weighted by Gasteiger charge is -2.27. The number of nitrogens with one attached hydrogen (secondary N) is 1. The van der Waals surface area contributed by atoms with E-state index in [1.54, 1.807) is 0 Å². The minimum atomic E-state index is 0. The number of anilines is 1. The highest BCUT2D eigenvalue weighted by Crippen LogP contribution is 2.26. The first kappa shape index (κ1) is 17.8. The zero-order chi connectivity index (χ0) is 14.5. The van der Waals surface area contributed by atoms with Crippen LogP contribution in [0.2, 0.25) is 0 Å². The number of hydrogen-bond acceptors (Lipinski definition) is 2. The van der Waals surface area contributed by atoms with Crippen LogP contribution in [-0.2, 0) is 13.0 Å². The van der Waals surface area contributed by atoms with E-state index in [1.807, 2.05) is 6.92 Å². The predicted octanol–water partition coefficient (Wildman–Crippen LogP) is 2.67. The van der Waals surface area contributed by atoms with E-state index < -0.39 is 0 Å². The molecule has 0 aromatic heterocycles. The Hall–Kier alpha value is -1.24. The Bertz CT molecular complexity index is 525. The van der Waals surface area contributed by atoms with E-state index in [2.05, 4.69) is 47.0 Å². The van der Waals surface area contributed by atoms with Gasteiger partial charge in [0.25, 0.3) is 0 Å². The molecule has 0 fully saturated rings. The van der Waals surface area contributed by atoms with Crippen LogP contribution in [-0.4, -0.2) is 26.1 Å². The van der Waals surface area contributed by atoms with E-state index in [4.69, 9.17) is 5.73 Å². The highest BCUT2D eigenvalue weighted by Gasteiger charge is 2.13. The molecule has 0 amide bonds. The largest absolute Gasteiger partial charge is 0.374 e. The molecule has 3 N–H and O–H groups in total. The van der Waals surface area contributed by atoms with Gasteiger partial charge in [0.2, 0.25) is 0 Å². The SMILES string of the molecule is C=C(C)CNC(N)=NCc1ccc2c(c1)CCCN2C.I. The average molecular weight is 400 g/mol. The first-order valence-corrected chi connectivity index (χ1v) is 7.07. The molecule has 0 aliphatic carbocycles. The zero-order valence-corrected chi connectivity index (χ0v) is 15.2. The van der Waals surface area contributed by atoms with E-state index in [9.17, 15) is 0 Å². The van der Waals surface area contributed by atoms with Crippen molar-refractivity contribution in [3.63, 3.8) is 0 Å². The second-order valence-electron chi connectivity index (χ2n) is 5.50. The van der Waals surface area contributed by atoms with Crippen LogP contribution >= 0.6 is 24.0 Å². The van der Waals surface area contributed by atoms with Crippen LogP contribution < -0.4 is 16.0 Å². The lowest BCUT2D eigenvalue weighted by atomic mass is 10.00. The summed E-state index contributed by atoms with van der Waals surface area (Å²) in [5.41, 5.74) is 10.8. The van der Waals surface area contributed by atoms with Gasteiger partial charge in [-0.1, -0.05) is 24.3 Å². The number of aliphatic imine (C=N–C) groups is 1. The topological polar surface area (TPSA) is 53.6 Å². The molecule has 0 unspecified atom stereocenters. The normalized spacial score (nSPS) is 14.2. The minimum Gasteiger partial charge on any atom is -0.374 e. The Morgan fingerprint density at radius 3 is 2.95 bits per heavy atom. The number of halogens is 1. The maximum absolute atomic E-state index is 5.82. The molecule has 0 spiro atoms. The van der Waals surface area contributed by atoms with E-state index in [-0.39, 0.29) is 24.0 Å². The monoisotopic (exact) mass is 400 g/mol. The standard InChI is InChI=1S/C16H24N4.HI/c1-12(2)10-18-16(17)19-11-13-6-7-15-14(9-13)5-4-8-20(15)3;/h6-7,9H,1,4-5,8,10-11H2,2-3H3,(H3,17,18,19);1H. The Labute approximate surface area is 144 Å². The van der Waals surface area contributed by atoms with Gasteiger partial charge in [-0.3, -0.25) is 0 Å². The van der Waals surface area contributed by atoms with Gasteiger partial charge in [-0.05, 0) is 37.0 Å². The molecule has 116 valence electrons. The molecule has 1 aliphatic heterocycles. The molecule has 21 heavy (non-hydrogen) atoms. The van der Waals surface area contributed by atoms with E-state index in [0.29, 0.717) is 19.0 Å². The van der Waals surface area contributed by atoms with Gasteiger partial charge in [-0.15, -0.1) is 24.0 Å². The van der Waals surface area contributed by atoms with Gasteiger partial charge < -0.3 is 16.0 Å². The second kappa shape index (κ2) is 8.26. The highest BCUT2D eigenvalue weighted by atomic mass is 127. The summed E-state index contributed by atoms with van der Waals surface area (Å²) in [6.07, 6.45) is 2.37. The van der Waals surface area contributed by atoms with Crippen molar-refractivity contribution in [2.24, 2.45) is 10.7 Å². The molecule has 1 heterocycles. The fourth-order valence-electron chi connectivity index (χ4n) is 2.41. The second-order valence-corrected chi connectivity index (χ2v) is 5.50. The first-order valence-electron chi connectivity index (χ1n) is 7.07. The Morgan fingerprint density at radius 2 is 2.24 bits per heavy atom. The number of hydrogen-bond donors (Lipinski definition) is 2. The van der Waals surface area contributed by atoms with Crippen molar-refractivity contribution in [2.75, 3.05) is 25.0 Å². The van der Waals surface area contributed by atoms with Crippen molar-refractivity contribution >= 4 is 35.6 Å². The summed E-state index contributed by atoms with van der Waals surface area (Å²) in [5.74, 6) is 0.475. The third-order valence-corrected chi connectivity index (χ3v) is 3.50. The summed E-state index contributed by atoms with van der Waals surface area (Å²) in [6, 6.07) is 6.58. The number of fused-ring (bicyclic) bond motifs is 1. The highest BCUT2D eigenvalue weighted by molar-refractivity contribution is 14.0. The van der Waals surface area contributed by atoms with Crippen molar-refractivity contribution in [1.29, 1.82) is 0 Å². The van der Waals surface area contributed by atoms with E-state index >= 15 is 0 Å². The molecule has 1 aromatic rings. The number of rotatable bonds is 4. The van der Waals surface area contributed by atoms with Gasteiger partial charge in [-0.25, -0.2) is 4.99 Å². The summed E-state index contributed by atoms with van der Waals surface area (Å²) in [6.45, 7) is 8.21. The smallest absolute Gasteiger partial charge is 0.189 e. The van der Waals surface area contributed by atoms with Crippen LogP contribution in [0, 0.1) is 0 Å². The summed E-state index contributed by atoms with van der Waals surface area (Å²) in [7, 11) is 2.15. The van der Waals surface area contributed by atoms with Crippen LogP contribution in [0.4, 0.5) is 5.69 Å². The molecule has 2 rings (SSSR count). The van der Waals surface area contributed by atoms with Crippen LogP contribution in [0.25, 0.3) is 0 Å². The van der Waals surface area contributed by atoms with Crippen molar-refractivity contribution < 1.29 is 0 Å². The zero-order valence-electron chi connectivity index (χ0n) is 12.9. The van der Waals surface area contributed by atoms with Gasteiger partial charge in [0.05, 0.1) is 6.54 Å². The molecule has 0 saturated carbocycles. The van der Waals surface area contributed by atoms with Crippen LogP contribution in [0.5, 0.6) is 0 Å². The van der Waals surface area contributed by atoms with E-state index in [0.717, 1.165) is 18.5 Å². The van der Waals surface area contributed by atoms with Crippen LogP contribution in [0.1, 0.15) is 24.5 Å². The molecule has 1 aromatic carbocycles.